The van der Waals surface area contributed by atoms with Crippen LogP contribution in [0.4, 0.5) is 0 Å². The van der Waals surface area contributed by atoms with E-state index in [4.69, 9.17) is 9.84 Å². The molecule has 2 rings (SSSR count). The lowest BCUT2D eigenvalue weighted by molar-refractivity contribution is 0.0697. The zero-order valence-electron chi connectivity index (χ0n) is 12.2. The number of aromatic nitrogens is 1. The van der Waals surface area contributed by atoms with Gasteiger partial charge in [0.25, 0.3) is 0 Å². The first-order valence-corrected chi connectivity index (χ1v) is 6.46. The minimum atomic E-state index is -0.980. The lowest BCUT2D eigenvalue weighted by Gasteiger charge is -2.09. The number of carboxylic acids is 1. The standard InChI is InChI=1S/C14H13NO3.C2H6/c1-9-7-10(3-4-13(9)18-2)11-5-6-15-8-12(11)14(16)17;1-2/h3-8H,1-2H3,(H,16,17);1-2H3. The summed E-state index contributed by atoms with van der Waals surface area (Å²) < 4.78 is 5.18. The minimum absolute atomic E-state index is 0.196. The third-order valence-corrected chi connectivity index (χ3v) is 2.76. The van der Waals surface area contributed by atoms with Crippen LogP contribution in [0.5, 0.6) is 5.75 Å². The van der Waals surface area contributed by atoms with Crippen LogP contribution in [0.2, 0.25) is 0 Å². The largest absolute Gasteiger partial charge is 0.496 e. The molecule has 20 heavy (non-hydrogen) atoms. The number of hydrogen-bond acceptors (Lipinski definition) is 3. The fraction of sp³-hybridized carbons (Fsp3) is 0.250. The molecule has 0 amide bonds. The maximum atomic E-state index is 11.1. The minimum Gasteiger partial charge on any atom is -0.496 e. The van der Waals surface area contributed by atoms with Gasteiger partial charge in [-0.25, -0.2) is 4.79 Å². The second kappa shape index (κ2) is 7.28. The second-order valence-electron chi connectivity index (χ2n) is 3.91. The van der Waals surface area contributed by atoms with E-state index in [1.54, 1.807) is 19.4 Å². The van der Waals surface area contributed by atoms with E-state index in [-0.39, 0.29) is 5.56 Å². The van der Waals surface area contributed by atoms with E-state index < -0.39 is 5.97 Å². The molecule has 0 aliphatic carbocycles. The Hall–Kier alpha value is -2.36. The number of hydrogen-bond donors (Lipinski definition) is 1. The molecular formula is C16H19NO3. The van der Waals surface area contributed by atoms with E-state index in [2.05, 4.69) is 4.98 Å². The van der Waals surface area contributed by atoms with Crippen molar-refractivity contribution in [3.05, 3.63) is 47.8 Å². The van der Waals surface area contributed by atoms with Gasteiger partial charge in [-0.05, 0) is 41.8 Å². The number of benzene rings is 1. The summed E-state index contributed by atoms with van der Waals surface area (Å²) in [5.74, 6) is -0.198. The maximum absolute atomic E-state index is 11.1. The lowest BCUT2D eigenvalue weighted by atomic mass is 10.00. The summed E-state index contributed by atoms with van der Waals surface area (Å²) >= 11 is 0. The molecule has 106 valence electrons. The predicted octanol–water partition coefficient (Wildman–Crippen LogP) is 3.79. The zero-order valence-corrected chi connectivity index (χ0v) is 12.2. The van der Waals surface area contributed by atoms with Crippen molar-refractivity contribution in [3.63, 3.8) is 0 Å². The molecule has 1 aromatic carbocycles. The number of carbonyl (C=O) groups is 1. The monoisotopic (exact) mass is 273 g/mol. The molecule has 0 unspecified atom stereocenters. The lowest BCUT2D eigenvalue weighted by Crippen LogP contribution is -2.00. The molecule has 4 heteroatoms. The molecule has 0 saturated carbocycles. The molecule has 0 aliphatic rings. The van der Waals surface area contributed by atoms with Crippen molar-refractivity contribution in [2.75, 3.05) is 7.11 Å². The maximum Gasteiger partial charge on any atom is 0.337 e. The van der Waals surface area contributed by atoms with Crippen molar-refractivity contribution in [1.82, 2.24) is 4.98 Å². The van der Waals surface area contributed by atoms with E-state index in [0.717, 1.165) is 16.9 Å². The van der Waals surface area contributed by atoms with Gasteiger partial charge in [-0.2, -0.15) is 0 Å². The first-order valence-electron chi connectivity index (χ1n) is 6.46. The van der Waals surface area contributed by atoms with Gasteiger partial charge < -0.3 is 9.84 Å². The van der Waals surface area contributed by atoms with Gasteiger partial charge in [0.05, 0.1) is 12.7 Å². The topological polar surface area (TPSA) is 59.4 Å². The van der Waals surface area contributed by atoms with Crippen molar-refractivity contribution in [2.24, 2.45) is 0 Å². The van der Waals surface area contributed by atoms with Crippen LogP contribution >= 0.6 is 0 Å². The van der Waals surface area contributed by atoms with Crippen LogP contribution in [0.3, 0.4) is 0 Å². The summed E-state index contributed by atoms with van der Waals surface area (Å²) in [5.41, 5.74) is 2.65. The van der Waals surface area contributed by atoms with Crippen molar-refractivity contribution in [1.29, 1.82) is 0 Å². The van der Waals surface area contributed by atoms with E-state index in [0.29, 0.717) is 5.56 Å². The molecule has 0 aliphatic heterocycles. The van der Waals surface area contributed by atoms with Crippen LogP contribution in [0.15, 0.2) is 36.7 Å². The molecule has 0 bridgehead atoms. The third-order valence-electron chi connectivity index (χ3n) is 2.76. The second-order valence-corrected chi connectivity index (χ2v) is 3.91. The highest BCUT2D eigenvalue weighted by Gasteiger charge is 2.12. The van der Waals surface area contributed by atoms with E-state index >= 15 is 0 Å². The van der Waals surface area contributed by atoms with Gasteiger partial charge in [0.2, 0.25) is 0 Å². The summed E-state index contributed by atoms with van der Waals surface area (Å²) in [5, 5.41) is 9.13. The van der Waals surface area contributed by atoms with Gasteiger partial charge in [-0.3, -0.25) is 4.98 Å². The van der Waals surface area contributed by atoms with Crippen molar-refractivity contribution >= 4 is 5.97 Å². The number of ether oxygens (including phenoxy) is 1. The molecule has 0 fully saturated rings. The van der Waals surface area contributed by atoms with Gasteiger partial charge in [-0.1, -0.05) is 19.9 Å². The number of methoxy groups -OCH3 is 1. The van der Waals surface area contributed by atoms with Gasteiger partial charge in [0, 0.05) is 12.4 Å². The van der Waals surface area contributed by atoms with Crippen LogP contribution in [0.25, 0.3) is 11.1 Å². The van der Waals surface area contributed by atoms with E-state index in [1.807, 2.05) is 39.0 Å². The number of rotatable bonds is 3. The number of aryl methyl sites for hydroxylation is 1. The molecule has 1 aromatic heterocycles. The first kappa shape index (κ1) is 15.7. The van der Waals surface area contributed by atoms with Crippen LogP contribution in [0.1, 0.15) is 29.8 Å². The Labute approximate surface area is 119 Å². The summed E-state index contributed by atoms with van der Waals surface area (Å²) in [7, 11) is 1.61. The Balaban J connectivity index is 0.000000956. The highest BCUT2D eigenvalue weighted by molar-refractivity contribution is 5.95. The number of nitrogens with zero attached hydrogens (tertiary/aromatic N) is 1. The predicted molar refractivity (Wildman–Crippen MR) is 79.3 cm³/mol. The molecule has 1 heterocycles. The Morgan fingerprint density at radius 1 is 1.25 bits per heavy atom. The fourth-order valence-electron chi connectivity index (χ4n) is 1.86. The Morgan fingerprint density at radius 3 is 2.50 bits per heavy atom. The van der Waals surface area contributed by atoms with Crippen molar-refractivity contribution in [2.45, 2.75) is 20.8 Å². The molecule has 2 aromatic rings. The van der Waals surface area contributed by atoms with Crippen LogP contribution in [-0.2, 0) is 0 Å². The average molecular weight is 273 g/mol. The molecule has 0 radical (unpaired) electrons. The molecular weight excluding hydrogens is 254 g/mol. The van der Waals surface area contributed by atoms with Crippen molar-refractivity contribution < 1.29 is 14.6 Å². The average Bonchev–Trinajstić information content (AvgIpc) is 2.49. The third kappa shape index (κ3) is 3.35. The zero-order chi connectivity index (χ0) is 15.1. The first-order chi connectivity index (χ1) is 9.63. The number of carboxylic acid groups (broad SMARTS) is 1. The van der Waals surface area contributed by atoms with Crippen LogP contribution in [0, 0.1) is 6.92 Å². The quantitative estimate of drug-likeness (QED) is 0.924. The number of pyridine rings is 1. The van der Waals surface area contributed by atoms with Gasteiger partial charge in [0.15, 0.2) is 0 Å². The Kier molecular flexibility index (Phi) is 5.72. The normalized spacial score (nSPS) is 9.40. The van der Waals surface area contributed by atoms with Crippen LogP contribution in [-0.4, -0.2) is 23.2 Å². The summed E-state index contributed by atoms with van der Waals surface area (Å²) in [6.45, 7) is 5.92. The van der Waals surface area contributed by atoms with Gasteiger partial charge in [-0.15, -0.1) is 0 Å². The highest BCUT2D eigenvalue weighted by Crippen LogP contribution is 2.28. The van der Waals surface area contributed by atoms with Gasteiger partial charge in [0.1, 0.15) is 5.75 Å². The highest BCUT2D eigenvalue weighted by atomic mass is 16.5. The Bertz CT molecular complexity index is 594. The molecule has 0 saturated heterocycles. The fourth-order valence-corrected chi connectivity index (χ4v) is 1.86. The summed E-state index contributed by atoms with van der Waals surface area (Å²) in [6, 6.07) is 7.27. The Morgan fingerprint density at radius 2 is 1.95 bits per heavy atom. The smallest absolute Gasteiger partial charge is 0.337 e. The molecule has 0 spiro atoms. The van der Waals surface area contributed by atoms with E-state index in [1.165, 1.54) is 6.20 Å². The summed E-state index contributed by atoms with van der Waals surface area (Å²) in [4.78, 5) is 15.0. The molecule has 1 N–H and O–H groups in total. The van der Waals surface area contributed by atoms with Crippen molar-refractivity contribution in [3.8, 4) is 16.9 Å². The van der Waals surface area contributed by atoms with E-state index in [9.17, 15) is 4.79 Å². The number of aromatic carboxylic acids is 1. The SMILES string of the molecule is CC.COc1ccc(-c2ccncc2C(=O)O)cc1C. The molecule has 4 nitrogen and oxygen atoms in total. The van der Waals surface area contributed by atoms with Gasteiger partial charge >= 0.3 is 5.97 Å². The van der Waals surface area contributed by atoms with Crippen LogP contribution < -0.4 is 4.74 Å². The summed E-state index contributed by atoms with van der Waals surface area (Å²) in [6.07, 6.45) is 2.94. The molecule has 0 atom stereocenters.